The van der Waals surface area contributed by atoms with Crippen LogP contribution in [-0.4, -0.2) is 81.7 Å². The van der Waals surface area contributed by atoms with Crippen LogP contribution in [0.5, 0.6) is 0 Å². The van der Waals surface area contributed by atoms with Crippen LogP contribution in [0.3, 0.4) is 0 Å². The number of amides is 4. The van der Waals surface area contributed by atoms with Gasteiger partial charge in [0.25, 0.3) is 0 Å². The Kier molecular flexibility index (Phi) is 11.6. The minimum atomic E-state index is -1.63. The summed E-state index contributed by atoms with van der Waals surface area (Å²) in [4.78, 5) is 68.9. The SMILES string of the molecule is CC(NC(=O)C(N)CCC(=O)O)C(=O)NC(CCC(N)=O)C(=O)NC(CO)C(=O)O. The Labute approximate surface area is 171 Å². The van der Waals surface area contributed by atoms with Crippen molar-refractivity contribution in [3.63, 3.8) is 0 Å². The second-order valence-corrected chi connectivity index (χ2v) is 6.42. The van der Waals surface area contributed by atoms with E-state index in [1.54, 1.807) is 0 Å². The fourth-order valence-electron chi connectivity index (χ4n) is 2.11. The lowest BCUT2D eigenvalue weighted by Gasteiger charge is -2.23. The van der Waals surface area contributed by atoms with Gasteiger partial charge < -0.3 is 42.7 Å². The molecular formula is C16H27N5O9. The molecule has 0 aromatic carbocycles. The largest absolute Gasteiger partial charge is 0.481 e. The van der Waals surface area contributed by atoms with Gasteiger partial charge in [-0.15, -0.1) is 0 Å². The maximum atomic E-state index is 12.3. The molecule has 4 atom stereocenters. The summed E-state index contributed by atoms with van der Waals surface area (Å²) < 4.78 is 0. The first-order valence-corrected chi connectivity index (χ1v) is 8.89. The molecule has 0 radical (unpaired) electrons. The van der Waals surface area contributed by atoms with Crippen LogP contribution in [0.25, 0.3) is 0 Å². The van der Waals surface area contributed by atoms with E-state index in [9.17, 15) is 28.8 Å². The molecule has 30 heavy (non-hydrogen) atoms. The van der Waals surface area contributed by atoms with Gasteiger partial charge in [0.05, 0.1) is 12.6 Å². The summed E-state index contributed by atoms with van der Waals surface area (Å²) in [6.07, 6.45) is -1.07. The summed E-state index contributed by atoms with van der Waals surface area (Å²) in [5.74, 6) is -6.05. The first-order valence-electron chi connectivity index (χ1n) is 8.89. The number of rotatable bonds is 14. The van der Waals surface area contributed by atoms with E-state index in [0.29, 0.717) is 0 Å². The van der Waals surface area contributed by atoms with E-state index in [1.807, 2.05) is 5.32 Å². The van der Waals surface area contributed by atoms with Crippen molar-refractivity contribution in [1.82, 2.24) is 16.0 Å². The van der Waals surface area contributed by atoms with Gasteiger partial charge in [-0.25, -0.2) is 4.79 Å². The zero-order valence-electron chi connectivity index (χ0n) is 16.3. The zero-order valence-corrected chi connectivity index (χ0v) is 16.3. The zero-order chi connectivity index (χ0) is 23.4. The number of carboxylic acids is 2. The van der Waals surface area contributed by atoms with Gasteiger partial charge in [0.1, 0.15) is 18.1 Å². The molecule has 4 amide bonds. The van der Waals surface area contributed by atoms with E-state index < -0.39 is 66.3 Å². The topological polar surface area (TPSA) is 251 Å². The molecule has 0 aromatic heterocycles. The van der Waals surface area contributed by atoms with Gasteiger partial charge >= 0.3 is 11.9 Å². The Morgan fingerprint density at radius 2 is 1.40 bits per heavy atom. The minimum Gasteiger partial charge on any atom is -0.481 e. The van der Waals surface area contributed by atoms with Crippen molar-refractivity contribution in [2.24, 2.45) is 11.5 Å². The second-order valence-electron chi connectivity index (χ2n) is 6.42. The highest BCUT2D eigenvalue weighted by Gasteiger charge is 2.28. The quantitative estimate of drug-likeness (QED) is 0.132. The van der Waals surface area contributed by atoms with Crippen molar-refractivity contribution < 1.29 is 44.1 Å². The number of hydrogen-bond donors (Lipinski definition) is 8. The van der Waals surface area contributed by atoms with Gasteiger partial charge in [-0.05, 0) is 19.8 Å². The van der Waals surface area contributed by atoms with Crippen LogP contribution in [0.1, 0.15) is 32.6 Å². The van der Waals surface area contributed by atoms with E-state index >= 15 is 0 Å². The van der Waals surface area contributed by atoms with Crippen LogP contribution in [0.15, 0.2) is 0 Å². The number of aliphatic hydroxyl groups excluding tert-OH is 1. The van der Waals surface area contributed by atoms with Crippen LogP contribution >= 0.6 is 0 Å². The van der Waals surface area contributed by atoms with Gasteiger partial charge in [0.15, 0.2) is 0 Å². The molecule has 0 aliphatic carbocycles. The predicted octanol–water partition coefficient (Wildman–Crippen LogP) is -4.00. The highest BCUT2D eigenvalue weighted by Crippen LogP contribution is 2.01. The van der Waals surface area contributed by atoms with Gasteiger partial charge in [-0.2, -0.15) is 0 Å². The van der Waals surface area contributed by atoms with Gasteiger partial charge in [-0.3, -0.25) is 24.0 Å². The summed E-state index contributed by atoms with van der Waals surface area (Å²) in [5.41, 5.74) is 10.6. The average molecular weight is 433 g/mol. The molecule has 14 nitrogen and oxygen atoms in total. The number of primary amides is 1. The van der Waals surface area contributed by atoms with E-state index in [-0.39, 0.29) is 25.7 Å². The Bertz CT molecular complexity index is 669. The van der Waals surface area contributed by atoms with Crippen LogP contribution in [0.2, 0.25) is 0 Å². The second kappa shape index (κ2) is 13.1. The first kappa shape index (κ1) is 26.7. The number of carbonyl (C=O) groups excluding carboxylic acids is 4. The molecule has 170 valence electrons. The van der Waals surface area contributed by atoms with Crippen molar-refractivity contribution >= 4 is 35.6 Å². The Balaban J connectivity index is 5.02. The molecule has 0 aliphatic heterocycles. The third-order valence-corrected chi connectivity index (χ3v) is 3.87. The van der Waals surface area contributed by atoms with Crippen molar-refractivity contribution in [3.05, 3.63) is 0 Å². The highest BCUT2D eigenvalue weighted by atomic mass is 16.4. The predicted molar refractivity (Wildman–Crippen MR) is 99.5 cm³/mol. The van der Waals surface area contributed by atoms with E-state index in [1.165, 1.54) is 6.92 Å². The Hall–Kier alpha value is -3.26. The molecule has 0 saturated carbocycles. The lowest BCUT2D eigenvalue weighted by molar-refractivity contribution is -0.143. The molecule has 4 unspecified atom stereocenters. The van der Waals surface area contributed by atoms with Crippen molar-refractivity contribution in [2.75, 3.05) is 6.61 Å². The number of nitrogens with one attached hydrogen (secondary N) is 3. The van der Waals surface area contributed by atoms with Crippen molar-refractivity contribution in [1.29, 1.82) is 0 Å². The summed E-state index contributed by atoms with van der Waals surface area (Å²) in [5, 5.41) is 33.0. The molecule has 14 heteroatoms. The summed E-state index contributed by atoms with van der Waals surface area (Å²) in [7, 11) is 0. The molecule has 0 bridgehead atoms. The summed E-state index contributed by atoms with van der Waals surface area (Å²) >= 11 is 0. The number of nitrogens with two attached hydrogens (primary N) is 2. The molecule has 0 aliphatic rings. The van der Waals surface area contributed by atoms with Crippen molar-refractivity contribution in [2.45, 2.75) is 56.8 Å². The molecule has 0 fully saturated rings. The maximum Gasteiger partial charge on any atom is 0.328 e. The van der Waals surface area contributed by atoms with Crippen LogP contribution < -0.4 is 27.4 Å². The van der Waals surface area contributed by atoms with E-state index in [2.05, 4.69) is 10.6 Å². The minimum absolute atomic E-state index is 0.156. The van der Waals surface area contributed by atoms with Crippen LogP contribution in [0, 0.1) is 0 Å². The van der Waals surface area contributed by atoms with Crippen molar-refractivity contribution in [3.8, 4) is 0 Å². The first-order chi connectivity index (χ1) is 13.9. The monoisotopic (exact) mass is 433 g/mol. The number of carbonyl (C=O) groups is 6. The normalized spacial score (nSPS) is 14.5. The van der Waals surface area contributed by atoms with Crippen LogP contribution in [-0.2, 0) is 28.8 Å². The molecule has 0 aromatic rings. The number of aliphatic carboxylic acids is 2. The number of carboxylic acid groups (broad SMARTS) is 2. The van der Waals surface area contributed by atoms with Gasteiger partial charge in [-0.1, -0.05) is 0 Å². The van der Waals surface area contributed by atoms with E-state index in [4.69, 9.17) is 26.8 Å². The molecule has 0 spiro atoms. The van der Waals surface area contributed by atoms with Gasteiger partial charge in [0.2, 0.25) is 23.6 Å². The van der Waals surface area contributed by atoms with Crippen LogP contribution in [0.4, 0.5) is 0 Å². The average Bonchev–Trinajstić information content (AvgIpc) is 2.66. The summed E-state index contributed by atoms with van der Waals surface area (Å²) in [6.45, 7) is 0.367. The summed E-state index contributed by atoms with van der Waals surface area (Å²) in [6, 6.07) is -5.37. The molecule has 0 saturated heterocycles. The standard InChI is InChI=1S/C16H27N5O9/c1-7(19-14(27)8(17)2-5-12(24)25)13(26)20-9(3-4-11(18)23)15(28)21-10(6-22)16(29)30/h7-10,22H,2-6,17H2,1H3,(H2,18,23)(H,19,27)(H,20,26)(H,21,28)(H,24,25)(H,29,30). The molecule has 0 heterocycles. The Morgan fingerprint density at radius 3 is 1.87 bits per heavy atom. The number of aliphatic hydroxyl groups is 1. The fraction of sp³-hybridized carbons (Fsp3) is 0.625. The maximum absolute atomic E-state index is 12.3. The lowest BCUT2D eigenvalue weighted by atomic mass is 10.1. The van der Waals surface area contributed by atoms with E-state index in [0.717, 1.165) is 0 Å². The third-order valence-electron chi connectivity index (χ3n) is 3.87. The van der Waals surface area contributed by atoms with Gasteiger partial charge in [0, 0.05) is 12.8 Å². The smallest absolute Gasteiger partial charge is 0.328 e. The molecule has 10 N–H and O–H groups in total. The molecular weight excluding hydrogens is 406 g/mol. The number of hydrogen-bond acceptors (Lipinski definition) is 8. The lowest BCUT2D eigenvalue weighted by Crippen LogP contribution is -2.56. The third kappa shape index (κ3) is 10.3. The Morgan fingerprint density at radius 1 is 0.833 bits per heavy atom. The highest BCUT2D eigenvalue weighted by molar-refractivity contribution is 5.94. The fourth-order valence-corrected chi connectivity index (χ4v) is 2.11. The molecule has 0 rings (SSSR count).